The minimum Gasteiger partial charge on any atom is -0.297 e. The van der Waals surface area contributed by atoms with Gasteiger partial charge in [0.05, 0.1) is 10.3 Å². The number of aryl methyl sites for hydroxylation is 2. The van der Waals surface area contributed by atoms with Gasteiger partial charge in [-0.3, -0.25) is 18.7 Å². The molecule has 1 aliphatic rings. The van der Waals surface area contributed by atoms with Gasteiger partial charge in [-0.25, -0.2) is 4.79 Å². The predicted octanol–water partition coefficient (Wildman–Crippen LogP) is 1.22. The Hall–Kier alpha value is -1.69. The summed E-state index contributed by atoms with van der Waals surface area (Å²) < 4.78 is 2.80. The van der Waals surface area contributed by atoms with E-state index in [0.29, 0.717) is 20.7 Å². The van der Waals surface area contributed by atoms with Gasteiger partial charge in [-0.05, 0) is 25.3 Å². The molecule has 0 aliphatic heterocycles. The Labute approximate surface area is 106 Å². The summed E-state index contributed by atoms with van der Waals surface area (Å²) in [5.41, 5.74) is 0.145. The van der Waals surface area contributed by atoms with Crippen LogP contribution in [-0.4, -0.2) is 15.4 Å². The highest BCUT2D eigenvalue weighted by atomic mass is 32.1. The number of thiophene rings is 1. The lowest BCUT2D eigenvalue weighted by Crippen LogP contribution is -2.38. The minimum absolute atomic E-state index is 0.0413. The zero-order chi connectivity index (χ0) is 13.0. The number of fused-ring (bicyclic) bond motifs is 1. The third-order valence-electron chi connectivity index (χ3n) is 3.41. The van der Waals surface area contributed by atoms with Gasteiger partial charge < -0.3 is 0 Å². The van der Waals surface area contributed by atoms with Crippen LogP contribution in [0.3, 0.4) is 0 Å². The van der Waals surface area contributed by atoms with Gasteiger partial charge in [0.15, 0.2) is 6.29 Å². The third-order valence-corrected chi connectivity index (χ3v) is 4.71. The Morgan fingerprint density at radius 2 is 2.00 bits per heavy atom. The molecule has 0 spiro atoms. The van der Waals surface area contributed by atoms with Gasteiger partial charge >= 0.3 is 5.69 Å². The second-order valence-corrected chi connectivity index (χ2v) is 5.67. The number of carbonyl (C=O) groups excluding carboxylic acids is 1. The van der Waals surface area contributed by atoms with Gasteiger partial charge in [0.1, 0.15) is 4.83 Å². The molecule has 0 amide bonds. The highest BCUT2D eigenvalue weighted by Gasteiger charge is 2.29. The second kappa shape index (κ2) is 3.65. The quantitative estimate of drug-likeness (QED) is 0.766. The number of aromatic nitrogens is 2. The Morgan fingerprint density at radius 3 is 2.56 bits per heavy atom. The van der Waals surface area contributed by atoms with Crippen molar-refractivity contribution in [1.29, 1.82) is 0 Å². The average molecular weight is 264 g/mol. The minimum atomic E-state index is -0.284. The maximum Gasteiger partial charge on any atom is 0.332 e. The van der Waals surface area contributed by atoms with Gasteiger partial charge in [0, 0.05) is 13.1 Å². The Bertz CT molecular complexity index is 777. The van der Waals surface area contributed by atoms with E-state index in [1.165, 1.54) is 20.5 Å². The van der Waals surface area contributed by atoms with E-state index in [0.717, 1.165) is 19.1 Å². The summed E-state index contributed by atoms with van der Waals surface area (Å²) in [5, 5.41) is 0.510. The van der Waals surface area contributed by atoms with Crippen molar-refractivity contribution in [3.8, 4) is 0 Å². The first-order valence-corrected chi connectivity index (χ1v) is 6.57. The van der Waals surface area contributed by atoms with Gasteiger partial charge in [-0.15, -0.1) is 11.3 Å². The molecule has 2 aromatic rings. The van der Waals surface area contributed by atoms with Gasteiger partial charge in [0.2, 0.25) is 0 Å². The molecule has 0 atom stereocenters. The molecule has 94 valence electrons. The summed E-state index contributed by atoms with van der Waals surface area (Å²) >= 11 is 1.20. The van der Waals surface area contributed by atoms with Crippen LogP contribution in [0, 0.1) is 6.92 Å². The summed E-state index contributed by atoms with van der Waals surface area (Å²) in [6.45, 7) is 1.76. The maximum absolute atomic E-state index is 12.4. The van der Waals surface area contributed by atoms with E-state index in [1.807, 2.05) is 0 Å². The number of rotatable bonds is 2. The zero-order valence-corrected chi connectivity index (χ0v) is 10.9. The smallest absolute Gasteiger partial charge is 0.297 e. The fourth-order valence-corrected chi connectivity index (χ4v) is 3.30. The van der Waals surface area contributed by atoms with Gasteiger partial charge in [-0.1, -0.05) is 0 Å². The van der Waals surface area contributed by atoms with Crippen molar-refractivity contribution in [2.45, 2.75) is 25.8 Å². The van der Waals surface area contributed by atoms with Crippen LogP contribution in [0.4, 0.5) is 0 Å². The van der Waals surface area contributed by atoms with Crippen molar-refractivity contribution in [3.63, 3.8) is 0 Å². The molecule has 0 unspecified atom stereocenters. The van der Waals surface area contributed by atoms with E-state index in [9.17, 15) is 14.4 Å². The number of hydrogen-bond donors (Lipinski definition) is 0. The molecule has 0 saturated heterocycles. The van der Waals surface area contributed by atoms with E-state index in [1.54, 1.807) is 14.0 Å². The monoisotopic (exact) mass is 264 g/mol. The van der Waals surface area contributed by atoms with E-state index in [4.69, 9.17) is 0 Å². The Morgan fingerprint density at radius 1 is 1.33 bits per heavy atom. The van der Waals surface area contributed by atoms with Crippen molar-refractivity contribution in [2.75, 3.05) is 0 Å². The molecule has 0 bridgehead atoms. The second-order valence-electron chi connectivity index (χ2n) is 4.64. The Kier molecular flexibility index (Phi) is 2.31. The molecule has 1 fully saturated rings. The SMILES string of the molecule is Cc1c(C=O)sc2c1c(=O)n(C1CC1)c(=O)n2C. The highest BCUT2D eigenvalue weighted by molar-refractivity contribution is 7.20. The predicted molar refractivity (Wildman–Crippen MR) is 69.7 cm³/mol. The topological polar surface area (TPSA) is 61.1 Å². The van der Waals surface area contributed by atoms with E-state index < -0.39 is 0 Å². The van der Waals surface area contributed by atoms with Crippen molar-refractivity contribution in [3.05, 3.63) is 31.3 Å². The lowest BCUT2D eigenvalue weighted by atomic mass is 10.2. The lowest BCUT2D eigenvalue weighted by Gasteiger charge is -2.06. The van der Waals surface area contributed by atoms with Crippen LogP contribution >= 0.6 is 11.3 Å². The summed E-state index contributed by atoms with van der Waals surface area (Å²) in [5.74, 6) is 0. The largest absolute Gasteiger partial charge is 0.332 e. The molecule has 6 heteroatoms. The average Bonchev–Trinajstić information content (AvgIpc) is 3.10. The molecule has 2 heterocycles. The van der Waals surface area contributed by atoms with Crippen molar-refractivity contribution < 1.29 is 4.79 Å². The van der Waals surface area contributed by atoms with E-state index >= 15 is 0 Å². The fourth-order valence-electron chi connectivity index (χ4n) is 2.23. The molecule has 18 heavy (non-hydrogen) atoms. The zero-order valence-electron chi connectivity index (χ0n) is 10.1. The molecule has 1 saturated carbocycles. The van der Waals surface area contributed by atoms with Crippen LogP contribution in [0.15, 0.2) is 9.59 Å². The first-order valence-electron chi connectivity index (χ1n) is 5.76. The normalized spacial score (nSPS) is 15.2. The number of carbonyl (C=O) groups is 1. The summed E-state index contributed by atoms with van der Waals surface area (Å²) in [4.78, 5) is 36.6. The number of hydrogen-bond acceptors (Lipinski definition) is 4. The fraction of sp³-hybridized carbons (Fsp3) is 0.417. The van der Waals surface area contributed by atoms with Gasteiger partial charge in [0.25, 0.3) is 5.56 Å². The molecule has 3 rings (SSSR count). The lowest BCUT2D eigenvalue weighted by molar-refractivity contribution is 0.112. The maximum atomic E-state index is 12.4. The standard InChI is InChI=1S/C12H12N2O3S/c1-6-8(5-15)18-11-9(6)10(16)14(7-3-4-7)12(17)13(11)2/h5,7H,3-4H2,1-2H3. The summed E-state index contributed by atoms with van der Waals surface area (Å²) in [6.07, 6.45) is 2.50. The molecular formula is C12H12N2O3S. The summed E-state index contributed by atoms with van der Waals surface area (Å²) in [7, 11) is 1.65. The van der Waals surface area contributed by atoms with Crippen LogP contribution in [0.25, 0.3) is 10.2 Å². The molecule has 5 nitrogen and oxygen atoms in total. The van der Waals surface area contributed by atoms with Gasteiger partial charge in [-0.2, -0.15) is 0 Å². The van der Waals surface area contributed by atoms with Crippen LogP contribution in [0.5, 0.6) is 0 Å². The van der Waals surface area contributed by atoms with E-state index in [-0.39, 0.29) is 17.3 Å². The molecule has 2 aromatic heterocycles. The van der Waals surface area contributed by atoms with Crippen LogP contribution in [0.2, 0.25) is 0 Å². The van der Waals surface area contributed by atoms with Crippen LogP contribution < -0.4 is 11.2 Å². The van der Waals surface area contributed by atoms with Crippen LogP contribution in [-0.2, 0) is 7.05 Å². The molecule has 0 aromatic carbocycles. The molecule has 0 N–H and O–H groups in total. The first kappa shape index (κ1) is 11.4. The molecule has 0 radical (unpaired) electrons. The third kappa shape index (κ3) is 1.35. The van der Waals surface area contributed by atoms with Crippen molar-refractivity contribution in [2.24, 2.45) is 7.05 Å². The summed E-state index contributed by atoms with van der Waals surface area (Å²) in [6, 6.07) is 0.0413. The number of nitrogens with zero attached hydrogens (tertiary/aromatic N) is 2. The highest BCUT2D eigenvalue weighted by Crippen LogP contribution is 2.33. The molecule has 1 aliphatic carbocycles. The van der Waals surface area contributed by atoms with Crippen molar-refractivity contribution in [1.82, 2.24) is 9.13 Å². The Balaban J connectivity index is 2.54. The van der Waals surface area contributed by atoms with E-state index in [2.05, 4.69) is 0 Å². The van der Waals surface area contributed by atoms with Crippen molar-refractivity contribution >= 4 is 27.8 Å². The number of aldehydes is 1. The first-order chi connectivity index (χ1) is 8.56. The molecular weight excluding hydrogens is 252 g/mol. The van der Waals surface area contributed by atoms with Crippen LogP contribution in [0.1, 0.15) is 34.1 Å².